The molecule has 0 aromatic heterocycles. The van der Waals surface area contributed by atoms with Crippen molar-refractivity contribution in [2.45, 2.75) is 18.9 Å². The molecule has 1 aromatic carbocycles. The molecule has 0 aliphatic heterocycles. The van der Waals surface area contributed by atoms with Crippen molar-refractivity contribution in [2.75, 3.05) is 17.7 Å². The molecule has 0 amide bonds. The maximum Gasteiger partial charge on any atom is 0.0992 e. The van der Waals surface area contributed by atoms with E-state index >= 15 is 0 Å². The Bertz CT molecular complexity index is 388. The lowest BCUT2D eigenvalue weighted by molar-refractivity contribution is 0.918. The van der Waals surface area contributed by atoms with E-state index in [9.17, 15) is 0 Å². The highest BCUT2D eigenvalue weighted by atomic mass is 15.2. The predicted molar refractivity (Wildman–Crippen MR) is 57.0 cm³/mol. The summed E-state index contributed by atoms with van der Waals surface area (Å²) in [6, 6.07) is 8.15. The van der Waals surface area contributed by atoms with E-state index in [0.717, 1.165) is 11.4 Å². The monoisotopic (exact) mass is 187 g/mol. The second kappa shape index (κ2) is 3.22. The number of nitriles is 1. The summed E-state index contributed by atoms with van der Waals surface area (Å²) in [7, 11) is 2.03. The Kier molecular flexibility index (Phi) is 2.05. The molecule has 72 valence electrons. The van der Waals surface area contributed by atoms with E-state index in [1.54, 1.807) is 12.1 Å². The molecule has 1 saturated carbocycles. The topological polar surface area (TPSA) is 53.0 Å². The van der Waals surface area contributed by atoms with Gasteiger partial charge in [-0.1, -0.05) is 0 Å². The molecule has 14 heavy (non-hydrogen) atoms. The van der Waals surface area contributed by atoms with Crippen LogP contribution in [0, 0.1) is 11.3 Å². The van der Waals surface area contributed by atoms with E-state index < -0.39 is 0 Å². The van der Waals surface area contributed by atoms with Gasteiger partial charge in [0.05, 0.1) is 23.0 Å². The molecule has 0 bridgehead atoms. The molecule has 0 saturated heterocycles. The first-order valence-corrected chi connectivity index (χ1v) is 4.75. The van der Waals surface area contributed by atoms with E-state index in [0.29, 0.717) is 11.6 Å². The first kappa shape index (κ1) is 8.89. The van der Waals surface area contributed by atoms with E-state index in [4.69, 9.17) is 11.0 Å². The van der Waals surface area contributed by atoms with E-state index in [1.807, 2.05) is 13.1 Å². The van der Waals surface area contributed by atoms with E-state index in [-0.39, 0.29) is 0 Å². The molecular formula is C11H13N3. The summed E-state index contributed by atoms with van der Waals surface area (Å²) in [5.74, 6) is 0. The van der Waals surface area contributed by atoms with Crippen molar-refractivity contribution in [2.24, 2.45) is 0 Å². The fraction of sp³-hybridized carbons (Fsp3) is 0.364. The smallest absolute Gasteiger partial charge is 0.0992 e. The highest BCUT2D eigenvalue weighted by molar-refractivity contribution is 5.70. The van der Waals surface area contributed by atoms with Gasteiger partial charge >= 0.3 is 0 Å². The summed E-state index contributed by atoms with van der Waals surface area (Å²) < 4.78 is 0. The van der Waals surface area contributed by atoms with Crippen molar-refractivity contribution in [1.82, 2.24) is 0 Å². The third-order valence-corrected chi connectivity index (χ3v) is 2.63. The van der Waals surface area contributed by atoms with Crippen LogP contribution in [0.1, 0.15) is 18.4 Å². The SMILES string of the molecule is CN(c1cc(C#N)ccc1N)C1CC1. The molecule has 2 rings (SSSR count). The Morgan fingerprint density at radius 3 is 2.79 bits per heavy atom. The highest BCUT2D eigenvalue weighted by Crippen LogP contribution is 2.33. The molecule has 0 radical (unpaired) electrons. The summed E-state index contributed by atoms with van der Waals surface area (Å²) in [4.78, 5) is 2.16. The Morgan fingerprint density at radius 1 is 1.50 bits per heavy atom. The van der Waals surface area contributed by atoms with Crippen LogP contribution < -0.4 is 10.6 Å². The Hall–Kier alpha value is -1.69. The molecule has 1 aromatic rings. The Morgan fingerprint density at radius 2 is 2.21 bits per heavy atom. The van der Waals surface area contributed by atoms with E-state index in [2.05, 4.69) is 11.0 Å². The van der Waals surface area contributed by atoms with Gasteiger partial charge < -0.3 is 10.6 Å². The maximum atomic E-state index is 8.78. The molecule has 0 unspecified atom stereocenters. The van der Waals surface area contributed by atoms with Gasteiger partial charge in [0.25, 0.3) is 0 Å². The minimum Gasteiger partial charge on any atom is -0.397 e. The third-order valence-electron chi connectivity index (χ3n) is 2.63. The lowest BCUT2D eigenvalue weighted by Crippen LogP contribution is -2.20. The minimum atomic E-state index is 0.617. The van der Waals surface area contributed by atoms with Gasteiger partial charge in [-0.3, -0.25) is 0 Å². The first-order chi connectivity index (χ1) is 6.72. The van der Waals surface area contributed by atoms with Crippen molar-refractivity contribution < 1.29 is 0 Å². The largest absolute Gasteiger partial charge is 0.397 e. The number of hydrogen-bond donors (Lipinski definition) is 1. The van der Waals surface area contributed by atoms with Crippen molar-refractivity contribution in [3.63, 3.8) is 0 Å². The molecule has 1 aliphatic carbocycles. The number of nitrogens with two attached hydrogens (primary N) is 1. The van der Waals surface area contributed by atoms with Gasteiger partial charge in [0, 0.05) is 13.1 Å². The molecule has 3 nitrogen and oxygen atoms in total. The van der Waals surface area contributed by atoms with E-state index in [1.165, 1.54) is 12.8 Å². The Balaban J connectivity index is 2.35. The number of nitrogen functional groups attached to an aromatic ring is 1. The molecule has 2 N–H and O–H groups in total. The minimum absolute atomic E-state index is 0.617. The van der Waals surface area contributed by atoms with Crippen molar-refractivity contribution in [1.29, 1.82) is 5.26 Å². The van der Waals surface area contributed by atoms with Gasteiger partial charge in [0.1, 0.15) is 0 Å². The number of benzene rings is 1. The summed E-state index contributed by atoms with van der Waals surface area (Å²) in [5.41, 5.74) is 8.25. The van der Waals surface area contributed by atoms with Crippen LogP contribution in [0.3, 0.4) is 0 Å². The Labute approximate surface area is 83.7 Å². The zero-order valence-corrected chi connectivity index (χ0v) is 8.20. The zero-order chi connectivity index (χ0) is 10.1. The molecule has 1 fully saturated rings. The second-order valence-corrected chi connectivity index (χ2v) is 3.73. The highest BCUT2D eigenvalue weighted by Gasteiger charge is 2.27. The molecule has 0 atom stereocenters. The van der Waals surface area contributed by atoms with Crippen LogP contribution in [0.2, 0.25) is 0 Å². The van der Waals surface area contributed by atoms with Crippen molar-refractivity contribution in [3.8, 4) is 6.07 Å². The maximum absolute atomic E-state index is 8.78. The molecule has 0 spiro atoms. The van der Waals surface area contributed by atoms with Crippen LogP contribution in [-0.4, -0.2) is 13.1 Å². The van der Waals surface area contributed by atoms with Gasteiger partial charge in [-0.2, -0.15) is 5.26 Å². The summed E-state index contributed by atoms with van der Waals surface area (Å²) >= 11 is 0. The second-order valence-electron chi connectivity index (χ2n) is 3.73. The first-order valence-electron chi connectivity index (χ1n) is 4.75. The zero-order valence-electron chi connectivity index (χ0n) is 8.20. The van der Waals surface area contributed by atoms with Gasteiger partial charge in [-0.15, -0.1) is 0 Å². The molecule has 0 heterocycles. The van der Waals surface area contributed by atoms with Gasteiger partial charge in [0.15, 0.2) is 0 Å². The summed E-state index contributed by atoms with van der Waals surface area (Å²) in [6.07, 6.45) is 2.46. The van der Waals surface area contributed by atoms with Gasteiger partial charge in [-0.25, -0.2) is 0 Å². The van der Waals surface area contributed by atoms with Crippen LogP contribution in [-0.2, 0) is 0 Å². The van der Waals surface area contributed by atoms with Gasteiger partial charge in [0.2, 0.25) is 0 Å². The van der Waals surface area contributed by atoms with Crippen molar-refractivity contribution >= 4 is 11.4 Å². The van der Waals surface area contributed by atoms with Crippen LogP contribution in [0.5, 0.6) is 0 Å². The van der Waals surface area contributed by atoms with Crippen LogP contribution in [0.4, 0.5) is 11.4 Å². The van der Waals surface area contributed by atoms with Crippen LogP contribution in [0.15, 0.2) is 18.2 Å². The fourth-order valence-electron chi connectivity index (χ4n) is 1.58. The van der Waals surface area contributed by atoms with Crippen molar-refractivity contribution in [3.05, 3.63) is 23.8 Å². The summed E-state index contributed by atoms with van der Waals surface area (Å²) in [6.45, 7) is 0. The lowest BCUT2D eigenvalue weighted by Gasteiger charge is -2.20. The average Bonchev–Trinajstić information content (AvgIpc) is 3.01. The molecule has 1 aliphatic rings. The molecular weight excluding hydrogens is 174 g/mol. The number of hydrogen-bond acceptors (Lipinski definition) is 3. The van der Waals surface area contributed by atoms with Crippen LogP contribution in [0.25, 0.3) is 0 Å². The number of nitrogens with zero attached hydrogens (tertiary/aromatic N) is 2. The number of anilines is 2. The average molecular weight is 187 g/mol. The predicted octanol–water partition coefficient (Wildman–Crippen LogP) is 1.74. The third kappa shape index (κ3) is 1.51. The molecule has 3 heteroatoms. The lowest BCUT2D eigenvalue weighted by atomic mass is 10.1. The standard InChI is InChI=1S/C11H13N3/c1-14(9-3-4-9)11-6-8(7-12)2-5-10(11)13/h2,5-6,9H,3-4,13H2,1H3. The number of rotatable bonds is 2. The van der Waals surface area contributed by atoms with Gasteiger partial charge in [-0.05, 0) is 31.0 Å². The fourth-order valence-corrected chi connectivity index (χ4v) is 1.58. The normalized spacial score (nSPS) is 14.9. The van der Waals surface area contributed by atoms with Crippen LogP contribution >= 0.6 is 0 Å². The summed E-state index contributed by atoms with van der Waals surface area (Å²) in [5, 5.41) is 8.78. The quantitative estimate of drug-likeness (QED) is 0.717.